The van der Waals surface area contributed by atoms with Crippen LogP contribution >= 0.6 is 7.82 Å². The Morgan fingerprint density at radius 1 is 0.372 bits per heavy atom. The second-order valence-electron chi connectivity index (χ2n) is 27.0. The average molecular weight is 1330 g/mol. The standard InChI is InChI=1S/C85H147N2O6P/c1-6-8-10-12-14-16-18-20-22-24-26-28-30-32-34-36-38-39-40-41-42-43-44-45-46-47-49-51-53-55-57-59-61-63-65-67-69-71-73-75-77-79-85(89)86-83(82-93-94(90,91)92-81-80-87(3,4)5)84(88)78-76-74-72-70-68-66-64-62-60-58-56-54-52-50-48-37-35-33-31-29-27-25-23-21-19-17-15-13-11-9-7-2/h8,10,14,16,20,22,26,28,32,34,38-39,41-42,44-45,47,49,53,55,60,62,68,70,76,78,83-84,88H,6-7,9,11-13,15,17-19,21,23-25,27,29-31,33,35-37,40,43,46,48,50-52,54,56-59,61,63-67,69,71-75,77,79-82H2,1-5H3,(H-,86,89,90,91)/p+1/b10-8-,16-14-,22-20-,28-26-,34-32-,39-38-,42-41-,45-44-,49-47-,55-53-,62-60+,70-68+,78-76+. The number of phosphoric acid groups is 1. The highest BCUT2D eigenvalue weighted by molar-refractivity contribution is 7.47. The van der Waals surface area contributed by atoms with Crippen LogP contribution in [0.3, 0.4) is 0 Å². The van der Waals surface area contributed by atoms with Crippen molar-refractivity contribution in [1.82, 2.24) is 5.32 Å². The monoisotopic (exact) mass is 1320 g/mol. The van der Waals surface area contributed by atoms with Gasteiger partial charge in [0.1, 0.15) is 13.2 Å². The number of unbranched alkanes of at least 4 members (excludes halogenated alkanes) is 33. The molecule has 0 aliphatic rings. The minimum atomic E-state index is -4.38. The van der Waals surface area contributed by atoms with Gasteiger partial charge >= 0.3 is 7.82 Å². The highest BCUT2D eigenvalue weighted by Crippen LogP contribution is 2.43. The van der Waals surface area contributed by atoms with E-state index >= 15 is 0 Å². The molecule has 3 N–H and O–H groups in total. The summed E-state index contributed by atoms with van der Waals surface area (Å²) in [5.41, 5.74) is 0. The van der Waals surface area contributed by atoms with E-state index in [9.17, 15) is 19.4 Å². The number of carbonyl (C=O) groups excluding carboxylic acids is 1. The minimum Gasteiger partial charge on any atom is -0.387 e. The predicted octanol–water partition coefficient (Wildman–Crippen LogP) is 25.7. The highest BCUT2D eigenvalue weighted by atomic mass is 31.2. The maximum Gasteiger partial charge on any atom is 0.472 e. The first-order valence-corrected chi connectivity index (χ1v) is 40.4. The van der Waals surface area contributed by atoms with Crippen LogP contribution in [-0.2, 0) is 18.4 Å². The highest BCUT2D eigenvalue weighted by Gasteiger charge is 2.28. The molecule has 0 aliphatic heterocycles. The number of hydrogen-bond donors (Lipinski definition) is 3. The molecule has 0 aromatic carbocycles. The molecule has 3 unspecified atom stereocenters. The Morgan fingerprint density at radius 3 is 0.979 bits per heavy atom. The van der Waals surface area contributed by atoms with Crippen LogP contribution in [0.2, 0.25) is 0 Å². The Kier molecular flexibility index (Phi) is 70.3. The second kappa shape index (κ2) is 73.4. The molecule has 0 spiro atoms. The van der Waals surface area contributed by atoms with E-state index < -0.39 is 20.0 Å². The SMILES string of the molecule is CC/C=C\C/C=C\C/C=C\C/C=C\C/C=C\C/C=C\C/C=C\C/C=C\C/C=C\C/C=C\CCCCCCCCCCCCC(=O)NC(COP(=O)(O)OCC[N+](C)(C)C)C(O)/C=C/CC/C=C/CC/C=C/CCCCCCCCCCCCCCCCCCCCCCC. The number of likely N-dealkylation sites (N-methyl/N-ethyl adjacent to an activating group) is 1. The minimum absolute atomic E-state index is 0.0456. The van der Waals surface area contributed by atoms with Gasteiger partial charge in [-0.05, 0) is 122 Å². The van der Waals surface area contributed by atoms with Crippen molar-refractivity contribution in [2.45, 2.75) is 334 Å². The maximum atomic E-state index is 13.1. The Labute approximate surface area is 581 Å². The number of quaternary nitrogens is 1. The number of rotatable bonds is 70. The van der Waals surface area contributed by atoms with E-state index in [1.54, 1.807) is 6.08 Å². The van der Waals surface area contributed by atoms with Crippen LogP contribution in [0.5, 0.6) is 0 Å². The van der Waals surface area contributed by atoms with Gasteiger partial charge in [0.2, 0.25) is 5.91 Å². The molecule has 0 rings (SSSR count). The number of allylic oxidation sites excluding steroid dienone is 25. The summed E-state index contributed by atoms with van der Waals surface area (Å²) >= 11 is 0. The molecule has 0 fully saturated rings. The fourth-order valence-corrected chi connectivity index (χ4v) is 11.5. The van der Waals surface area contributed by atoms with Crippen LogP contribution in [0, 0.1) is 0 Å². The van der Waals surface area contributed by atoms with Gasteiger partial charge in [0.15, 0.2) is 0 Å². The van der Waals surface area contributed by atoms with E-state index in [0.29, 0.717) is 17.4 Å². The van der Waals surface area contributed by atoms with Gasteiger partial charge in [0.25, 0.3) is 0 Å². The third-order valence-electron chi connectivity index (χ3n) is 16.7. The summed E-state index contributed by atoms with van der Waals surface area (Å²) in [5, 5.41) is 14.0. The van der Waals surface area contributed by atoms with Crippen LogP contribution in [0.1, 0.15) is 322 Å². The van der Waals surface area contributed by atoms with Crippen molar-refractivity contribution >= 4 is 13.7 Å². The summed E-state index contributed by atoms with van der Waals surface area (Å²) in [6.45, 7) is 4.69. The van der Waals surface area contributed by atoms with Crippen molar-refractivity contribution in [3.63, 3.8) is 0 Å². The third kappa shape index (κ3) is 75.5. The number of aliphatic hydroxyl groups excluding tert-OH is 1. The first kappa shape index (κ1) is 90.1. The largest absolute Gasteiger partial charge is 0.472 e. The quantitative estimate of drug-likeness (QED) is 0.0243. The van der Waals surface area contributed by atoms with Crippen LogP contribution in [0.15, 0.2) is 158 Å². The molecule has 9 heteroatoms. The van der Waals surface area contributed by atoms with Gasteiger partial charge in [-0.25, -0.2) is 4.57 Å². The van der Waals surface area contributed by atoms with Crippen LogP contribution in [0.4, 0.5) is 0 Å². The third-order valence-corrected chi connectivity index (χ3v) is 17.7. The summed E-state index contributed by atoms with van der Waals surface area (Å²) in [4.78, 5) is 23.5. The van der Waals surface area contributed by atoms with Crippen LogP contribution in [-0.4, -0.2) is 73.4 Å². The molecular weight excluding hydrogens is 1180 g/mol. The summed E-state index contributed by atoms with van der Waals surface area (Å²) in [6, 6.07) is -0.885. The summed E-state index contributed by atoms with van der Waals surface area (Å²) in [5.74, 6) is -0.199. The molecule has 538 valence electrons. The summed E-state index contributed by atoms with van der Waals surface area (Å²) in [7, 11) is 1.53. The zero-order valence-corrected chi connectivity index (χ0v) is 62.5. The molecule has 8 nitrogen and oxygen atoms in total. The molecule has 0 aliphatic carbocycles. The molecule has 0 saturated heterocycles. The predicted molar refractivity (Wildman–Crippen MR) is 414 cm³/mol. The molecule has 0 radical (unpaired) electrons. The number of amides is 1. The van der Waals surface area contributed by atoms with E-state index in [4.69, 9.17) is 9.05 Å². The second-order valence-corrected chi connectivity index (χ2v) is 28.4. The van der Waals surface area contributed by atoms with Gasteiger partial charge in [0.05, 0.1) is 39.9 Å². The number of phosphoric ester groups is 1. The number of nitrogens with one attached hydrogen (secondary N) is 1. The first-order valence-electron chi connectivity index (χ1n) is 38.9. The number of carbonyl (C=O) groups is 1. The topological polar surface area (TPSA) is 105 Å². The zero-order valence-electron chi connectivity index (χ0n) is 61.7. The van der Waals surface area contributed by atoms with Crippen molar-refractivity contribution in [1.29, 1.82) is 0 Å². The Hall–Kier alpha value is -3.88. The first-order chi connectivity index (χ1) is 46.0. The fraction of sp³-hybridized carbons (Fsp3) is 0.682. The van der Waals surface area contributed by atoms with Gasteiger partial charge in [-0.15, -0.1) is 0 Å². The van der Waals surface area contributed by atoms with Gasteiger partial charge in [-0.2, -0.15) is 0 Å². The zero-order chi connectivity index (χ0) is 68.3. The Bertz CT molecular complexity index is 2100. The molecule has 1 amide bonds. The Morgan fingerprint density at radius 2 is 0.649 bits per heavy atom. The number of nitrogens with zero attached hydrogens (tertiary/aromatic N) is 1. The van der Waals surface area contributed by atoms with E-state index in [1.165, 1.54) is 186 Å². The van der Waals surface area contributed by atoms with Crippen molar-refractivity contribution in [2.75, 3.05) is 40.9 Å². The lowest BCUT2D eigenvalue weighted by Crippen LogP contribution is -2.45. The van der Waals surface area contributed by atoms with E-state index in [2.05, 4.69) is 165 Å². The van der Waals surface area contributed by atoms with Crippen molar-refractivity contribution in [3.05, 3.63) is 158 Å². The lowest BCUT2D eigenvalue weighted by Gasteiger charge is -2.25. The smallest absolute Gasteiger partial charge is 0.387 e. The van der Waals surface area contributed by atoms with Crippen molar-refractivity contribution < 1.29 is 32.9 Å². The van der Waals surface area contributed by atoms with E-state index in [0.717, 1.165) is 116 Å². The molecule has 94 heavy (non-hydrogen) atoms. The lowest BCUT2D eigenvalue weighted by molar-refractivity contribution is -0.870. The number of aliphatic hydroxyl groups is 1. The van der Waals surface area contributed by atoms with Crippen LogP contribution < -0.4 is 5.32 Å². The molecular formula is C85H148N2O6P+. The van der Waals surface area contributed by atoms with E-state index in [1.807, 2.05) is 27.2 Å². The van der Waals surface area contributed by atoms with Gasteiger partial charge in [0, 0.05) is 6.42 Å². The summed E-state index contributed by atoms with van der Waals surface area (Å²) in [6.07, 6.45) is 114. The average Bonchev–Trinajstić information content (AvgIpc) is 1.77. The maximum absolute atomic E-state index is 13.1. The van der Waals surface area contributed by atoms with Crippen LogP contribution in [0.25, 0.3) is 0 Å². The van der Waals surface area contributed by atoms with Gasteiger partial charge < -0.3 is 19.8 Å². The molecule has 0 saturated carbocycles. The van der Waals surface area contributed by atoms with E-state index in [-0.39, 0.29) is 19.1 Å². The summed E-state index contributed by atoms with van der Waals surface area (Å²) < 4.78 is 23.8. The molecule has 3 atom stereocenters. The molecule has 0 heterocycles. The van der Waals surface area contributed by atoms with Crippen molar-refractivity contribution in [3.8, 4) is 0 Å². The Balaban J connectivity index is 4.14. The molecule has 0 aromatic heterocycles. The fourth-order valence-electron chi connectivity index (χ4n) is 10.8. The molecule has 0 bridgehead atoms. The lowest BCUT2D eigenvalue weighted by atomic mass is 10.0. The normalized spacial score (nSPS) is 14.4. The van der Waals surface area contributed by atoms with Gasteiger partial charge in [-0.1, -0.05) is 352 Å². The molecule has 0 aromatic rings. The van der Waals surface area contributed by atoms with Crippen molar-refractivity contribution in [2.24, 2.45) is 0 Å². The number of hydrogen-bond acceptors (Lipinski definition) is 5. The van der Waals surface area contributed by atoms with Gasteiger partial charge in [-0.3, -0.25) is 13.8 Å².